The van der Waals surface area contributed by atoms with Crippen molar-refractivity contribution in [2.45, 2.75) is 19.0 Å². The van der Waals surface area contributed by atoms with Gasteiger partial charge in [-0.05, 0) is 30.0 Å². The SMILES string of the molecule is S=CC1NC=C(C2Cc3ccc(Cl)c(Cl)c3C2)N1. The zero-order valence-electron chi connectivity index (χ0n) is 9.54. The first kappa shape index (κ1) is 12.3. The van der Waals surface area contributed by atoms with Crippen molar-refractivity contribution < 1.29 is 0 Å². The Morgan fingerprint density at radius 2 is 2.11 bits per heavy atom. The number of nitrogens with one attached hydrogen (secondary N) is 2. The first-order valence-electron chi connectivity index (χ1n) is 5.82. The first-order valence-corrected chi connectivity index (χ1v) is 7.05. The summed E-state index contributed by atoms with van der Waals surface area (Å²) in [5, 5.41) is 9.59. The van der Waals surface area contributed by atoms with Gasteiger partial charge in [0.1, 0.15) is 6.17 Å². The zero-order chi connectivity index (χ0) is 12.7. The standard InChI is InChI=1S/C13H12Cl2N2S/c14-10-2-1-7-3-8(4-9(7)13(10)15)11-5-16-12(6-18)17-11/h1-2,5-6,8,12,16-17H,3-4H2. The van der Waals surface area contributed by atoms with Gasteiger partial charge in [-0.15, -0.1) is 0 Å². The number of thiocarbonyl (C=S) groups is 1. The summed E-state index contributed by atoms with van der Waals surface area (Å²) in [6, 6.07) is 3.95. The summed E-state index contributed by atoms with van der Waals surface area (Å²) < 4.78 is 0. The van der Waals surface area contributed by atoms with Gasteiger partial charge in [0.2, 0.25) is 0 Å². The largest absolute Gasteiger partial charge is 0.366 e. The van der Waals surface area contributed by atoms with Crippen LogP contribution < -0.4 is 10.6 Å². The van der Waals surface area contributed by atoms with Crippen LogP contribution in [0.2, 0.25) is 10.0 Å². The van der Waals surface area contributed by atoms with Crippen LogP contribution in [-0.2, 0) is 12.8 Å². The van der Waals surface area contributed by atoms with Crippen LogP contribution in [0.25, 0.3) is 0 Å². The summed E-state index contributed by atoms with van der Waals surface area (Å²) in [4.78, 5) is 0. The summed E-state index contributed by atoms with van der Waals surface area (Å²) in [7, 11) is 0. The molecule has 1 aliphatic heterocycles. The Labute approximate surface area is 121 Å². The predicted octanol–water partition coefficient (Wildman–Crippen LogP) is 3.07. The second kappa shape index (κ2) is 4.72. The number of benzene rings is 1. The Hall–Kier alpha value is -0.770. The summed E-state index contributed by atoms with van der Waals surface area (Å²) in [5.41, 5.74) is 3.68. The molecule has 5 heteroatoms. The average molecular weight is 299 g/mol. The van der Waals surface area contributed by atoms with Crippen molar-refractivity contribution in [1.82, 2.24) is 10.6 Å². The molecule has 94 valence electrons. The molecule has 2 unspecified atom stereocenters. The molecule has 1 heterocycles. The van der Waals surface area contributed by atoms with E-state index in [0.717, 1.165) is 12.8 Å². The predicted molar refractivity (Wildman–Crippen MR) is 79.2 cm³/mol. The number of halogens is 2. The fraction of sp³-hybridized carbons (Fsp3) is 0.308. The van der Waals surface area contributed by atoms with Gasteiger partial charge in [-0.3, -0.25) is 0 Å². The van der Waals surface area contributed by atoms with Crippen LogP contribution >= 0.6 is 35.4 Å². The van der Waals surface area contributed by atoms with E-state index in [1.54, 1.807) is 5.37 Å². The summed E-state index contributed by atoms with van der Waals surface area (Å²) >= 11 is 17.2. The Morgan fingerprint density at radius 3 is 2.83 bits per heavy atom. The van der Waals surface area contributed by atoms with E-state index in [-0.39, 0.29) is 6.17 Å². The number of allylic oxidation sites excluding steroid dienone is 1. The third kappa shape index (κ3) is 2.00. The topological polar surface area (TPSA) is 24.1 Å². The molecule has 2 N–H and O–H groups in total. The maximum Gasteiger partial charge on any atom is 0.126 e. The molecule has 0 saturated carbocycles. The van der Waals surface area contributed by atoms with E-state index in [1.807, 2.05) is 12.3 Å². The molecule has 18 heavy (non-hydrogen) atoms. The summed E-state index contributed by atoms with van der Waals surface area (Å²) in [6.07, 6.45) is 4.01. The van der Waals surface area contributed by atoms with Crippen LogP contribution in [0.5, 0.6) is 0 Å². The summed E-state index contributed by atoms with van der Waals surface area (Å²) in [5.74, 6) is 0.434. The fourth-order valence-corrected chi connectivity index (χ4v) is 3.19. The van der Waals surface area contributed by atoms with Gasteiger partial charge < -0.3 is 10.6 Å². The highest BCUT2D eigenvalue weighted by atomic mass is 35.5. The monoisotopic (exact) mass is 298 g/mol. The maximum atomic E-state index is 6.26. The van der Waals surface area contributed by atoms with Crippen molar-refractivity contribution >= 4 is 40.8 Å². The van der Waals surface area contributed by atoms with Crippen LogP contribution in [0.3, 0.4) is 0 Å². The van der Waals surface area contributed by atoms with Crippen molar-refractivity contribution in [2.24, 2.45) is 5.92 Å². The van der Waals surface area contributed by atoms with Gasteiger partial charge in [0, 0.05) is 23.2 Å². The second-order valence-electron chi connectivity index (χ2n) is 4.63. The number of rotatable bonds is 2. The third-order valence-electron chi connectivity index (χ3n) is 3.53. The second-order valence-corrected chi connectivity index (χ2v) is 5.69. The molecule has 0 amide bonds. The Bertz CT molecular complexity index is 542. The molecule has 0 saturated heterocycles. The highest BCUT2D eigenvalue weighted by Gasteiger charge is 2.29. The Morgan fingerprint density at radius 1 is 1.28 bits per heavy atom. The minimum absolute atomic E-state index is 0.0674. The normalized spacial score (nSPS) is 25.1. The van der Waals surface area contributed by atoms with Crippen molar-refractivity contribution in [3.05, 3.63) is 45.2 Å². The van der Waals surface area contributed by atoms with E-state index < -0.39 is 0 Å². The Balaban J connectivity index is 1.82. The van der Waals surface area contributed by atoms with Crippen LogP contribution in [0, 0.1) is 5.92 Å². The fourth-order valence-electron chi connectivity index (χ4n) is 2.60. The highest BCUT2D eigenvalue weighted by Crippen LogP contribution is 2.38. The molecule has 2 aliphatic rings. The van der Waals surface area contributed by atoms with E-state index in [0.29, 0.717) is 16.0 Å². The molecule has 1 aliphatic carbocycles. The quantitative estimate of drug-likeness (QED) is 0.821. The molecular formula is C13H12Cl2N2S. The van der Waals surface area contributed by atoms with Gasteiger partial charge in [0.05, 0.1) is 10.0 Å². The number of fused-ring (bicyclic) bond motifs is 1. The maximum absolute atomic E-state index is 6.26. The van der Waals surface area contributed by atoms with E-state index in [4.69, 9.17) is 35.4 Å². The van der Waals surface area contributed by atoms with E-state index >= 15 is 0 Å². The highest BCUT2D eigenvalue weighted by molar-refractivity contribution is 7.79. The average Bonchev–Trinajstić information content (AvgIpc) is 2.99. The summed E-state index contributed by atoms with van der Waals surface area (Å²) in [6.45, 7) is 0. The lowest BCUT2D eigenvalue weighted by molar-refractivity contribution is 0.592. The van der Waals surface area contributed by atoms with Gasteiger partial charge in [-0.25, -0.2) is 0 Å². The number of hydrogen-bond donors (Lipinski definition) is 2. The van der Waals surface area contributed by atoms with Crippen LogP contribution in [0.1, 0.15) is 11.1 Å². The van der Waals surface area contributed by atoms with Gasteiger partial charge >= 0.3 is 0 Å². The van der Waals surface area contributed by atoms with Crippen molar-refractivity contribution in [3.8, 4) is 0 Å². The van der Waals surface area contributed by atoms with Crippen LogP contribution in [-0.4, -0.2) is 11.5 Å². The van der Waals surface area contributed by atoms with E-state index in [9.17, 15) is 0 Å². The van der Waals surface area contributed by atoms with Crippen LogP contribution in [0.15, 0.2) is 24.0 Å². The molecule has 2 nitrogen and oxygen atoms in total. The van der Waals surface area contributed by atoms with Crippen molar-refractivity contribution in [3.63, 3.8) is 0 Å². The third-order valence-corrected chi connectivity index (χ3v) is 4.64. The van der Waals surface area contributed by atoms with Crippen LogP contribution in [0.4, 0.5) is 0 Å². The zero-order valence-corrected chi connectivity index (χ0v) is 11.9. The van der Waals surface area contributed by atoms with Gasteiger partial charge in [-0.2, -0.15) is 0 Å². The Kier molecular flexibility index (Phi) is 3.22. The molecule has 1 aromatic rings. The van der Waals surface area contributed by atoms with Gasteiger partial charge in [-0.1, -0.05) is 41.5 Å². The lowest BCUT2D eigenvalue weighted by Gasteiger charge is -2.13. The molecule has 0 spiro atoms. The molecule has 0 bridgehead atoms. The van der Waals surface area contributed by atoms with Crippen molar-refractivity contribution in [1.29, 1.82) is 0 Å². The van der Waals surface area contributed by atoms with Gasteiger partial charge in [0.15, 0.2) is 0 Å². The molecule has 0 aromatic heterocycles. The van der Waals surface area contributed by atoms with Crippen molar-refractivity contribution in [2.75, 3.05) is 0 Å². The lowest BCUT2D eigenvalue weighted by atomic mass is 10.0. The number of hydrogen-bond acceptors (Lipinski definition) is 3. The molecule has 0 fully saturated rings. The first-order chi connectivity index (χ1) is 8.69. The van der Waals surface area contributed by atoms with Gasteiger partial charge in [0.25, 0.3) is 0 Å². The van der Waals surface area contributed by atoms with E-state index in [1.165, 1.54) is 16.8 Å². The van der Waals surface area contributed by atoms with E-state index in [2.05, 4.69) is 16.7 Å². The molecule has 3 rings (SSSR count). The molecular weight excluding hydrogens is 287 g/mol. The molecule has 1 aromatic carbocycles. The minimum Gasteiger partial charge on any atom is -0.366 e. The smallest absolute Gasteiger partial charge is 0.126 e. The lowest BCUT2D eigenvalue weighted by Crippen LogP contribution is -2.34. The minimum atomic E-state index is 0.0674. The molecule has 2 atom stereocenters. The molecule has 0 radical (unpaired) electrons.